The largest absolute Gasteiger partial charge is 0.340 e. The molecule has 2 atom stereocenters. The smallest absolute Gasteiger partial charge is 0.267 e. The summed E-state index contributed by atoms with van der Waals surface area (Å²) in [5.74, 6) is 2.01. The van der Waals surface area contributed by atoms with Gasteiger partial charge in [0.25, 0.3) is 5.91 Å². The number of benzene rings is 2. The van der Waals surface area contributed by atoms with Crippen LogP contribution in [0.3, 0.4) is 0 Å². The van der Waals surface area contributed by atoms with Gasteiger partial charge in [-0.1, -0.05) is 30.3 Å². The molecule has 1 saturated carbocycles. The van der Waals surface area contributed by atoms with Gasteiger partial charge in [0.2, 0.25) is 5.96 Å². The number of anilines is 3. The Hall–Kier alpha value is -4.47. The van der Waals surface area contributed by atoms with Crippen LogP contribution in [0.15, 0.2) is 72.2 Å². The fraction of sp³-hybridized carbons (Fsp3) is 0.269. The summed E-state index contributed by atoms with van der Waals surface area (Å²) < 4.78 is 3.62. The minimum Gasteiger partial charge on any atom is -0.340 e. The van der Waals surface area contributed by atoms with Crippen LogP contribution in [0.1, 0.15) is 35.2 Å². The molecule has 36 heavy (non-hydrogen) atoms. The molecule has 10 nitrogen and oxygen atoms in total. The molecule has 10 heteroatoms. The molecule has 180 valence electrons. The second kappa shape index (κ2) is 8.04. The summed E-state index contributed by atoms with van der Waals surface area (Å²) in [5.41, 5.74) is 3.48. The maximum absolute atomic E-state index is 13.6. The summed E-state index contributed by atoms with van der Waals surface area (Å²) in [6, 6.07) is 18.5. The second-order valence-corrected chi connectivity index (χ2v) is 9.43. The minimum atomic E-state index is -0.0915. The standard InChI is InChI=1S/C26H25N9O/c1-32-25(36)22-23(29-18-6-3-2-4-7-18)33(14-17-10-12-19(13-11-17)34-16-27-15-28-34)31-24(22)35-21-9-5-8-20(21)30-26(32)35/h2-4,6-7,10-13,15-16,20-21,29H,5,8-9,14H2,1H3/t20-,21+/m1/s1. The third-order valence-corrected chi connectivity index (χ3v) is 7.24. The van der Waals surface area contributed by atoms with Crippen LogP contribution in [0.5, 0.6) is 0 Å². The van der Waals surface area contributed by atoms with E-state index in [1.807, 2.05) is 66.3 Å². The molecule has 2 aromatic carbocycles. The molecule has 1 N–H and O–H groups in total. The molecule has 0 saturated heterocycles. The van der Waals surface area contributed by atoms with Crippen LogP contribution in [-0.2, 0) is 6.54 Å². The third kappa shape index (κ3) is 3.21. The average Bonchev–Trinajstić information content (AvgIpc) is 3.69. The molecule has 7 rings (SSSR count). The maximum atomic E-state index is 13.6. The fourth-order valence-electron chi connectivity index (χ4n) is 5.47. The molecule has 0 radical (unpaired) electrons. The van der Waals surface area contributed by atoms with Gasteiger partial charge in [0.15, 0.2) is 5.82 Å². The zero-order chi connectivity index (χ0) is 24.2. The lowest BCUT2D eigenvalue weighted by molar-refractivity contribution is 0.0866. The third-order valence-electron chi connectivity index (χ3n) is 7.24. The molecule has 0 unspecified atom stereocenters. The van der Waals surface area contributed by atoms with Crippen LogP contribution < -0.4 is 10.2 Å². The number of nitrogens with one attached hydrogen (secondary N) is 1. The molecule has 3 aliphatic rings. The van der Waals surface area contributed by atoms with E-state index >= 15 is 0 Å². The number of fused-ring (bicyclic) bond motifs is 5. The van der Waals surface area contributed by atoms with Crippen molar-refractivity contribution < 1.29 is 4.79 Å². The van der Waals surface area contributed by atoms with Crippen molar-refractivity contribution in [3.8, 4) is 5.69 Å². The summed E-state index contributed by atoms with van der Waals surface area (Å²) >= 11 is 0. The van der Waals surface area contributed by atoms with Gasteiger partial charge in [-0.05, 0) is 49.1 Å². The van der Waals surface area contributed by atoms with Gasteiger partial charge in [-0.15, -0.1) is 0 Å². The van der Waals surface area contributed by atoms with E-state index in [1.165, 1.54) is 6.33 Å². The van der Waals surface area contributed by atoms with E-state index in [0.29, 0.717) is 23.7 Å². The first-order valence-electron chi connectivity index (χ1n) is 12.2. The van der Waals surface area contributed by atoms with Crippen molar-refractivity contribution in [1.29, 1.82) is 0 Å². The number of hydrogen-bond acceptors (Lipinski definition) is 7. The average molecular weight is 480 g/mol. The topological polar surface area (TPSA) is 96.5 Å². The number of aromatic nitrogens is 5. The number of rotatable bonds is 5. The first kappa shape index (κ1) is 20.9. The molecule has 4 heterocycles. The molecular formula is C26H25N9O. The van der Waals surface area contributed by atoms with E-state index in [4.69, 9.17) is 10.1 Å². The SMILES string of the molecule is CN1C(=O)c2c(nn(Cc3ccc(-n4cncn4)cc3)c2Nc2ccccc2)N2C1=N[C@@H]1CCC[C@@H]12. The molecule has 0 spiro atoms. The number of para-hydroxylation sites is 1. The van der Waals surface area contributed by atoms with Crippen LogP contribution in [0.4, 0.5) is 17.3 Å². The Morgan fingerprint density at radius 3 is 2.67 bits per heavy atom. The quantitative estimate of drug-likeness (QED) is 0.471. The van der Waals surface area contributed by atoms with Gasteiger partial charge in [-0.2, -0.15) is 10.2 Å². The lowest BCUT2D eigenvalue weighted by Crippen LogP contribution is -2.51. The number of hydrogen-bond donors (Lipinski definition) is 1. The van der Waals surface area contributed by atoms with Crippen LogP contribution in [0, 0.1) is 0 Å². The van der Waals surface area contributed by atoms with Crippen LogP contribution in [0.25, 0.3) is 5.69 Å². The first-order valence-corrected chi connectivity index (χ1v) is 12.2. The van der Waals surface area contributed by atoms with E-state index in [-0.39, 0.29) is 18.0 Å². The van der Waals surface area contributed by atoms with Crippen molar-refractivity contribution >= 4 is 29.2 Å². The normalized spacial score (nSPS) is 20.2. The summed E-state index contributed by atoms with van der Waals surface area (Å²) in [6.07, 6.45) is 6.44. The van der Waals surface area contributed by atoms with Crippen LogP contribution >= 0.6 is 0 Å². The van der Waals surface area contributed by atoms with Gasteiger partial charge in [-0.25, -0.2) is 19.3 Å². The van der Waals surface area contributed by atoms with Crippen molar-refractivity contribution in [2.75, 3.05) is 17.3 Å². The van der Waals surface area contributed by atoms with E-state index in [2.05, 4.69) is 20.3 Å². The van der Waals surface area contributed by atoms with Crippen LogP contribution in [0.2, 0.25) is 0 Å². The number of amides is 1. The highest BCUT2D eigenvalue weighted by atomic mass is 16.2. The maximum Gasteiger partial charge on any atom is 0.267 e. The van der Waals surface area contributed by atoms with E-state index in [9.17, 15) is 4.79 Å². The lowest BCUT2D eigenvalue weighted by atomic mass is 10.1. The Bertz CT molecular complexity index is 1460. The Labute approximate surface area is 207 Å². The van der Waals surface area contributed by atoms with Crippen molar-refractivity contribution in [3.63, 3.8) is 0 Å². The van der Waals surface area contributed by atoms with E-state index < -0.39 is 0 Å². The predicted molar refractivity (Wildman–Crippen MR) is 136 cm³/mol. The molecule has 2 aromatic heterocycles. The summed E-state index contributed by atoms with van der Waals surface area (Å²) in [6.45, 7) is 0.505. The van der Waals surface area contributed by atoms with Crippen molar-refractivity contribution in [2.45, 2.75) is 37.9 Å². The predicted octanol–water partition coefficient (Wildman–Crippen LogP) is 3.44. The van der Waals surface area contributed by atoms with E-state index in [1.54, 1.807) is 15.9 Å². The van der Waals surface area contributed by atoms with Crippen molar-refractivity contribution in [2.24, 2.45) is 4.99 Å². The number of carbonyl (C=O) groups is 1. The van der Waals surface area contributed by atoms with Gasteiger partial charge in [0.05, 0.1) is 24.3 Å². The lowest BCUT2D eigenvalue weighted by Gasteiger charge is -2.34. The highest BCUT2D eigenvalue weighted by Gasteiger charge is 2.49. The zero-order valence-corrected chi connectivity index (χ0v) is 19.8. The second-order valence-electron chi connectivity index (χ2n) is 9.43. The molecule has 1 aliphatic carbocycles. The van der Waals surface area contributed by atoms with Crippen molar-refractivity contribution in [3.05, 3.63) is 78.4 Å². The Balaban J connectivity index is 1.31. The summed E-state index contributed by atoms with van der Waals surface area (Å²) in [5, 5.41) is 12.7. The molecule has 4 aromatic rings. The first-order chi connectivity index (χ1) is 17.7. The summed E-state index contributed by atoms with van der Waals surface area (Å²) in [7, 11) is 1.81. The zero-order valence-electron chi connectivity index (χ0n) is 19.8. The van der Waals surface area contributed by atoms with Gasteiger partial charge < -0.3 is 5.32 Å². The molecular weight excluding hydrogens is 454 g/mol. The van der Waals surface area contributed by atoms with Gasteiger partial charge >= 0.3 is 0 Å². The minimum absolute atomic E-state index is 0.0915. The number of carbonyl (C=O) groups excluding carboxylic acids is 1. The van der Waals surface area contributed by atoms with Gasteiger partial charge in [-0.3, -0.25) is 14.6 Å². The number of nitrogens with zero attached hydrogens (tertiary/aromatic N) is 8. The molecule has 0 bridgehead atoms. The van der Waals surface area contributed by atoms with Gasteiger partial charge in [0, 0.05) is 12.7 Å². The van der Waals surface area contributed by atoms with Gasteiger partial charge in [0.1, 0.15) is 24.0 Å². The highest BCUT2D eigenvalue weighted by molar-refractivity contribution is 6.21. The molecule has 1 amide bonds. The molecule has 1 fully saturated rings. The van der Waals surface area contributed by atoms with E-state index in [0.717, 1.165) is 42.2 Å². The number of aliphatic imine (C=N–C) groups is 1. The fourth-order valence-corrected chi connectivity index (χ4v) is 5.47. The monoisotopic (exact) mass is 479 g/mol. The summed E-state index contributed by atoms with van der Waals surface area (Å²) in [4.78, 5) is 26.4. The van der Waals surface area contributed by atoms with Crippen molar-refractivity contribution in [1.82, 2.24) is 29.4 Å². The Kier molecular flexibility index (Phi) is 4.66. The Morgan fingerprint density at radius 1 is 1.06 bits per heavy atom. The molecule has 2 aliphatic heterocycles. The number of guanidine groups is 1. The van der Waals surface area contributed by atoms with Crippen LogP contribution in [-0.4, -0.2) is 60.4 Å². The highest BCUT2D eigenvalue weighted by Crippen LogP contribution is 2.42. The Morgan fingerprint density at radius 2 is 1.89 bits per heavy atom.